The van der Waals surface area contributed by atoms with Gasteiger partial charge in [-0.1, -0.05) is 0 Å². The molecule has 1 aromatic carbocycles. The number of nitrogens with one attached hydrogen (secondary N) is 1. The Morgan fingerprint density at radius 3 is 2.38 bits per heavy atom. The Hall–Kier alpha value is -1.44. The molecule has 0 aromatic heterocycles. The van der Waals surface area contributed by atoms with Crippen molar-refractivity contribution >= 4 is 21.6 Å². The summed E-state index contributed by atoms with van der Waals surface area (Å²) < 4.78 is 27.1. The SMILES string of the molecule is CC(C)(CN)NS(=O)(=O)c1ccc(N2CCCC2=O)cc1. The first-order valence-electron chi connectivity index (χ1n) is 6.90. The second-order valence-electron chi connectivity index (χ2n) is 5.84. The van der Waals surface area contributed by atoms with Gasteiger partial charge in [0.2, 0.25) is 15.9 Å². The van der Waals surface area contributed by atoms with E-state index >= 15 is 0 Å². The molecule has 0 unspecified atom stereocenters. The van der Waals surface area contributed by atoms with Gasteiger partial charge in [0.05, 0.1) is 4.90 Å². The highest BCUT2D eigenvalue weighted by molar-refractivity contribution is 7.89. The second-order valence-corrected chi connectivity index (χ2v) is 7.52. The van der Waals surface area contributed by atoms with Crippen LogP contribution >= 0.6 is 0 Å². The van der Waals surface area contributed by atoms with Crippen molar-refractivity contribution < 1.29 is 13.2 Å². The average molecular weight is 311 g/mol. The van der Waals surface area contributed by atoms with Crippen molar-refractivity contribution in [2.24, 2.45) is 5.73 Å². The molecular weight excluding hydrogens is 290 g/mol. The topological polar surface area (TPSA) is 92.5 Å². The molecule has 3 N–H and O–H groups in total. The number of anilines is 1. The van der Waals surface area contributed by atoms with Crippen LogP contribution in [-0.2, 0) is 14.8 Å². The molecule has 7 heteroatoms. The molecule has 0 bridgehead atoms. The summed E-state index contributed by atoms with van der Waals surface area (Å²) in [5, 5.41) is 0. The smallest absolute Gasteiger partial charge is 0.241 e. The largest absolute Gasteiger partial charge is 0.329 e. The Morgan fingerprint density at radius 1 is 1.29 bits per heavy atom. The first-order chi connectivity index (χ1) is 9.75. The van der Waals surface area contributed by atoms with Gasteiger partial charge in [-0.25, -0.2) is 13.1 Å². The van der Waals surface area contributed by atoms with E-state index < -0.39 is 15.6 Å². The van der Waals surface area contributed by atoms with Gasteiger partial charge in [0, 0.05) is 30.7 Å². The molecule has 21 heavy (non-hydrogen) atoms. The minimum Gasteiger partial charge on any atom is -0.329 e. The summed E-state index contributed by atoms with van der Waals surface area (Å²) in [7, 11) is -3.62. The molecule has 0 aliphatic carbocycles. The van der Waals surface area contributed by atoms with Crippen LogP contribution in [0.25, 0.3) is 0 Å². The number of carbonyl (C=O) groups excluding carboxylic acids is 1. The van der Waals surface area contributed by atoms with E-state index in [9.17, 15) is 13.2 Å². The minimum atomic E-state index is -3.62. The number of hydrogen-bond acceptors (Lipinski definition) is 4. The maximum Gasteiger partial charge on any atom is 0.241 e. The van der Waals surface area contributed by atoms with Gasteiger partial charge in [-0.3, -0.25) is 4.79 Å². The lowest BCUT2D eigenvalue weighted by molar-refractivity contribution is -0.117. The number of nitrogens with zero attached hydrogens (tertiary/aromatic N) is 1. The third kappa shape index (κ3) is 3.61. The Balaban J connectivity index is 2.20. The van der Waals surface area contributed by atoms with Crippen molar-refractivity contribution in [1.82, 2.24) is 4.72 Å². The molecule has 1 aromatic rings. The standard InChI is InChI=1S/C14H21N3O3S/c1-14(2,10-15)16-21(19,20)12-7-5-11(6-8-12)17-9-3-4-13(17)18/h5-8,16H,3-4,9-10,15H2,1-2H3. The zero-order valence-corrected chi connectivity index (χ0v) is 13.1. The van der Waals surface area contributed by atoms with E-state index in [2.05, 4.69) is 4.72 Å². The van der Waals surface area contributed by atoms with Crippen LogP contribution < -0.4 is 15.4 Å². The second kappa shape index (κ2) is 5.75. The first-order valence-corrected chi connectivity index (χ1v) is 8.38. The molecule has 1 saturated heterocycles. The molecule has 6 nitrogen and oxygen atoms in total. The van der Waals surface area contributed by atoms with Crippen molar-refractivity contribution in [1.29, 1.82) is 0 Å². The van der Waals surface area contributed by atoms with Crippen LogP contribution in [-0.4, -0.2) is 33.0 Å². The lowest BCUT2D eigenvalue weighted by Gasteiger charge is -2.24. The van der Waals surface area contributed by atoms with Crippen molar-refractivity contribution in [2.45, 2.75) is 37.1 Å². The van der Waals surface area contributed by atoms with Gasteiger partial charge in [-0.15, -0.1) is 0 Å². The van der Waals surface area contributed by atoms with E-state index in [0.29, 0.717) is 13.0 Å². The number of amides is 1. The Morgan fingerprint density at radius 2 is 1.90 bits per heavy atom. The van der Waals surface area contributed by atoms with Crippen LogP contribution in [0, 0.1) is 0 Å². The molecule has 1 aliphatic rings. The third-order valence-electron chi connectivity index (χ3n) is 3.45. The fraction of sp³-hybridized carbons (Fsp3) is 0.500. The summed E-state index contributed by atoms with van der Waals surface area (Å²) in [5.41, 5.74) is 5.57. The van der Waals surface area contributed by atoms with Crippen LogP contribution in [0.3, 0.4) is 0 Å². The lowest BCUT2D eigenvalue weighted by Crippen LogP contribution is -2.48. The maximum atomic E-state index is 12.3. The zero-order valence-electron chi connectivity index (χ0n) is 12.3. The van der Waals surface area contributed by atoms with Crippen molar-refractivity contribution in [3.05, 3.63) is 24.3 Å². The van der Waals surface area contributed by atoms with E-state index in [1.54, 1.807) is 30.9 Å². The number of hydrogen-bond donors (Lipinski definition) is 2. The van der Waals surface area contributed by atoms with Gasteiger partial charge in [-0.2, -0.15) is 0 Å². The van der Waals surface area contributed by atoms with Gasteiger partial charge in [0.15, 0.2) is 0 Å². The molecule has 0 radical (unpaired) electrons. The number of nitrogens with two attached hydrogens (primary N) is 1. The van der Waals surface area contributed by atoms with Crippen molar-refractivity contribution in [3.8, 4) is 0 Å². The van der Waals surface area contributed by atoms with Crippen LogP contribution in [0.5, 0.6) is 0 Å². The van der Waals surface area contributed by atoms with Gasteiger partial charge < -0.3 is 10.6 Å². The van der Waals surface area contributed by atoms with Crippen LogP contribution in [0.1, 0.15) is 26.7 Å². The molecule has 116 valence electrons. The van der Waals surface area contributed by atoms with Gasteiger partial charge in [0.25, 0.3) is 0 Å². The summed E-state index contributed by atoms with van der Waals surface area (Å²) >= 11 is 0. The summed E-state index contributed by atoms with van der Waals surface area (Å²) in [6, 6.07) is 6.34. The van der Waals surface area contributed by atoms with Crippen LogP contribution in [0.4, 0.5) is 5.69 Å². The molecule has 0 saturated carbocycles. The van der Waals surface area contributed by atoms with E-state index in [1.165, 1.54) is 12.1 Å². The van der Waals surface area contributed by atoms with Crippen LogP contribution in [0.2, 0.25) is 0 Å². The highest BCUT2D eigenvalue weighted by Gasteiger charge is 2.26. The normalized spacial score (nSPS) is 16.5. The van der Waals surface area contributed by atoms with Gasteiger partial charge in [0.1, 0.15) is 0 Å². The van der Waals surface area contributed by atoms with Gasteiger partial charge >= 0.3 is 0 Å². The fourth-order valence-electron chi connectivity index (χ4n) is 2.19. The van der Waals surface area contributed by atoms with E-state index in [-0.39, 0.29) is 17.3 Å². The predicted molar refractivity (Wildman–Crippen MR) is 81.5 cm³/mol. The molecule has 0 atom stereocenters. The number of carbonyl (C=O) groups is 1. The van der Waals surface area contributed by atoms with Crippen molar-refractivity contribution in [3.63, 3.8) is 0 Å². The monoisotopic (exact) mass is 311 g/mol. The molecule has 1 aliphatic heterocycles. The van der Waals surface area contributed by atoms with E-state index in [1.807, 2.05) is 0 Å². The molecular formula is C14H21N3O3S. The average Bonchev–Trinajstić information content (AvgIpc) is 2.84. The molecule has 0 spiro atoms. The predicted octanol–water partition coefficient (Wildman–Crippen LogP) is 0.829. The van der Waals surface area contributed by atoms with Crippen LogP contribution in [0.15, 0.2) is 29.2 Å². The first kappa shape index (κ1) is 15.9. The molecule has 2 rings (SSSR count). The fourth-order valence-corrected chi connectivity index (χ4v) is 3.61. The number of rotatable bonds is 5. The van der Waals surface area contributed by atoms with Crippen molar-refractivity contribution in [2.75, 3.05) is 18.0 Å². The maximum absolute atomic E-state index is 12.3. The van der Waals surface area contributed by atoms with Gasteiger partial charge in [-0.05, 0) is 44.5 Å². The minimum absolute atomic E-state index is 0.0768. The summed E-state index contributed by atoms with van der Waals surface area (Å²) in [6.45, 7) is 4.33. The third-order valence-corrected chi connectivity index (χ3v) is 5.17. The number of benzene rings is 1. The Kier molecular flexibility index (Phi) is 4.36. The molecule has 1 amide bonds. The van der Waals surface area contributed by atoms with E-state index in [4.69, 9.17) is 5.73 Å². The molecule has 1 heterocycles. The number of sulfonamides is 1. The highest BCUT2D eigenvalue weighted by atomic mass is 32.2. The zero-order chi connectivity index (χ0) is 15.7. The highest BCUT2D eigenvalue weighted by Crippen LogP contribution is 2.23. The van der Waals surface area contributed by atoms with E-state index in [0.717, 1.165) is 12.1 Å². The Bertz CT molecular complexity index is 623. The summed E-state index contributed by atoms with van der Waals surface area (Å²) in [6.07, 6.45) is 1.39. The quantitative estimate of drug-likeness (QED) is 0.842. The molecule has 1 fully saturated rings. The summed E-state index contributed by atoms with van der Waals surface area (Å²) in [4.78, 5) is 13.5. The summed E-state index contributed by atoms with van der Waals surface area (Å²) in [5.74, 6) is 0.0768. The Labute approximate surface area is 125 Å². The lowest BCUT2D eigenvalue weighted by atomic mass is 10.1.